The minimum absolute atomic E-state index is 0.433. The third kappa shape index (κ3) is 3.47. The highest BCUT2D eigenvalue weighted by atomic mass is 16.5. The molecule has 8 nitrogen and oxygen atoms in total. The number of imidazole rings is 1. The van der Waals surface area contributed by atoms with Crippen LogP contribution in [0, 0.1) is 6.92 Å². The molecule has 0 radical (unpaired) electrons. The lowest BCUT2D eigenvalue weighted by molar-refractivity contribution is 0.324. The van der Waals surface area contributed by atoms with E-state index in [4.69, 9.17) is 14.2 Å². The van der Waals surface area contributed by atoms with Crippen LogP contribution in [-0.2, 0) is 6.54 Å². The van der Waals surface area contributed by atoms with E-state index >= 15 is 0 Å². The Balaban J connectivity index is 1.95. The standard InChI is InChI=1S/C22H22N4O4/c1-13-6-5-7-14(8-13)12-26-16(11-23-20-21(26)25-22(27)24-20)15-9-17(28-2)19(30-4)18(10-15)29-3/h5-11H,12H2,1-4H3,(H,23,24,27). The third-order valence-corrected chi connectivity index (χ3v) is 4.89. The van der Waals surface area contributed by atoms with Crippen LogP contribution in [0.5, 0.6) is 17.2 Å². The van der Waals surface area contributed by atoms with Gasteiger partial charge in [-0.25, -0.2) is 9.78 Å². The maximum absolute atomic E-state index is 11.9. The summed E-state index contributed by atoms with van der Waals surface area (Å²) < 4.78 is 18.4. The Hall–Kier alpha value is -3.81. The number of ether oxygens (including phenoxy) is 3. The molecule has 4 rings (SSSR count). The van der Waals surface area contributed by atoms with Crippen molar-refractivity contribution in [1.82, 2.24) is 19.5 Å². The minimum atomic E-state index is -0.433. The first-order valence-electron chi connectivity index (χ1n) is 9.35. The zero-order valence-electron chi connectivity index (χ0n) is 17.2. The van der Waals surface area contributed by atoms with Gasteiger partial charge in [-0.2, -0.15) is 4.98 Å². The molecule has 154 valence electrons. The van der Waals surface area contributed by atoms with Crippen LogP contribution >= 0.6 is 0 Å². The number of rotatable bonds is 6. The lowest BCUT2D eigenvalue weighted by Gasteiger charge is -2.19. The molecular weight excluding hydrogens is 384 g/mol. The molecule has 2 heterocycles. The van der Waals surface area contributed by atoms with Crippen LogP contribution in [0.25, 0.3) is 22.9 Å². The maximum atomic E-state index is 11.9. The fraction of sp³-hybridized carbons (Fsp3) is 0.227. The highest BCUT2D eigenvalue weighted by Crippen LogP contribution is 2.41. The fourth-order valence-electron chi connectivity index (χ4n) is 3.53. The number of nitrogens with zero attached hydrogens (tertiary/aromatic N) is 3. The molecule has 0 aromatic heterocycles. The summed E-state index contributed by atoms with van der Waals surface area (Å²) in [6.45, 7) is 2.55. The van der Waals surface area contributed by atoms with Crippen molar-refractivity contribution in [3.63, 3.8) is 0 Å². The predicted octanol–water partition coefficient (Wildman–Crippen LogP) is 3.12. The quantitative estimate of drug-likeness (QED) is 0.529. The van der Waals surface area contributed by atoms with Gasteiger partial charge >= 0.3 is 5.69 Å². The van der Waals surface area contributed by atoms with E-state index in [1.165, 1.54) is 0 Å². The number of hydrogen-bond donors (Lipinski definition) is 1. The van der Waals surface area contributed by atoms with Gasteiger partial charge in [0.15, 0.2) is 23.1 Å². The van der Waals surface area contributed by atoms with Gasteiger partial charge < -0.3 is 18.8 Å². The Morgan fingerprint density at radius 2 is 1.77 bits per heavy atom. The number of hydrogen-bond acceptors (Lipinski definition) is 6. The van der Waals surface area contributed by atoms with Crippen LogP contribution in [0.3, 0.4) is 0 Å². The van der Waals surface area contributed by atoms with Gasteiger partial charge in [-0.3, -0.25) is 4.98 Å². The molecule has 0 aliphatic carbocycles. The van der Waals surface area contributed by atoms with Crippen molar-refractivity contribution >= 4 is 0 Å². The summed E-state index contributed by atoms with van der Waals surface area (Å²) in [4.78, 5) is 23.1. The first-order valence-corrected chi connectivity index (χ1v) is 9.35. The molecule has 1 N–H and O–H groups in total. The third-order valence-electron chi connectivity index (χ3n) is 4.89. The number of fused-ring (bicyclic) bond motifs is 1. The van der Waals surface area contributed by atoms with E-state index in [2.05, 4.69) is 21.0 Å². The Labute approximate surface area is 173 Å². The molecule has 0 amide bonds. The van der Waals surface area contributed by atoms with Crippen molar-refractivity contribution in [3.8, 4) is 40.2 Å². The van der Waals surface area contributed by atoms with Crippen LogP contribution in [-0.4, -0.2) is 40.8 Å². The molecule has 0 saturated heterocycles. The normalized spacial score (nSPS) is 10.9. The summed E-state index contributed by atoms with van der Waals surface area (Å²) in [6, 6.07) is 11.9. The van der Waals surface area contributed by atoms with E-state index in [1.807, 2.05) is 41.8 Å². The number of benzene rings is 2. The first-order chi connectivity index (χ1) is 14.5. The molecule has 2 aromatic rings. The van der Waals surface area contributed by atoms with Crippen molar-refractivity contribution in [2.75, 3.05) is 21.3 Å². The Morgan fingerprint density at radius 1 is 1.03 bits per heavy atom. The number of aryl methyl sites for hydroxylation is 1. The van der Waals surface area contributed by atoms with Crippen molar-refractivity contribution in [1.29, 1.82) is 0 Å². The van der Waals surface area contributed by atoms with Crippen LogP contribution < -0.4 is 19.9 Å². The highest BCUT2D eigenvalue weighted by molar-refractivity contribution is 5.70. The zero-order valence-corrected chi connectivity index (χ0v) is 17.2. The Kier molecular flexibility index (Phi) is 5.14. The van der Waals surface area contributed by atoms with Crippen molar-refractivity contribution < 1.29 is 14.2 Å². The molecule has 0 bridgehead atoms. The number of methoxy groups -OCH3 is 3. The number of aromatic amines is 1. The smallest absolute Gasteiger partial charge is 0.348 e. The van der Waals surface area contributed by atoms with E-state index in [0.29, 0.717) is 35.4 Å². The molecule has 0 atom stereocenters. The largest absolute Gasteiger partial charge is 0.493 e. The number of H-pyrrole nitrogens is 1. The zero-order chi connectivity index (χ0) is 21.3. The van der Waals surface area contributed by atoms with E-state index in [0.717, 1.165) is 22.4 Å². The molecule has 8 heteroatoms. The lowest BCUT2D eigenvalue weighted by Crippen LogP contribution is -2.11. The van der Waals surface area contributed by atoms with Crippen LogP contribution in [0.4, 0.5) is 0 Å². The maximum Gasteiger partial charge on any atom is 0.348 e. The van der Waals surface area contributed by atoms with Gasteiger partial charge in [0.2, 0.25) is 5.75 Å². The molecule has 2 aromatic carbocycles. The number of aromatic nitrogens is 4. The lowest BCUT2D eigenvalue weighted by atomic mass is 10.1. The van der Waals surface area contributed by atoms with E-state index in [1.54, 1.807) is 27.5 Å². The Morgan fingerprint density at radius 3 is 2.40 bits per heavy atom. The van der Waals surface area contributed by atoms with Gasteiger partial charge in [0.25, 0.3) is 0 Å². The average Bonchev–Trinajstić information content (AvgIpc) is 3.13. The van der Waals surface area contributed by atoms with Gasteiger partial charge in [-0.05, 0) is 24.6 Å². The van der Waals surface area contributed by atoms with Gasteiger partial charge in [-0.1, -0.05) is 29.8 Å². The average molecular weight is 406 g/mol. The molecule has 30 heavy (non-hydrogen) atoms. The van der Waals surface area contributed by atoms with Crippen LogP contribution in [0.2, 0.25) is 0 Å². The SMILES string of the molecule is COc1cc(-c2cnc3[nH]c(=O)nc-3n2Cc2cccc(C)c2)cc(OC)c1OC. The molecule has 0 unspecified atom stereocenters. The van der Waals surface area contributed by atoms with E-state index in [-0.39, 0.29) is 0 Å². The topological polar surface area (TPSA) is 91.3 Å². The second-order valence-electron chi connectivity index (χ2n) is 6.85. The molecule has 0 saturated carbocycles. The van der Waals surface area contributed by atoms with E-state index < -0.39 is 5.69 Å². The molecular formula is C22H22N4O4. The van der Waals surface area contributed by atoms with Gasteiger partial charge in [-0.15, -0.1) is 0 Å². The van der Waals surface area contributed by atoms with Crippen LogP contribution in [0.15, 0.2) is 47.4 Å². The van der Waals surface area contributed by atoms with Gasteiger partial charge in [0.05, 0.1) is 33.2 Å². The van der Waals surface area contributed by atoms with Gasteiger partial charge in [0.1, 0.15) is 0 Å². The summed E-state index contributed by atoms with van der Waals surface area (Å²) in [6.07, 6.45) is 1.70. The van der Waals surface area contributed by atoms with Gasteiger partial charge in [0, 0.05) is 12.1 Å². The summed E-state index contributed by atoms with van der Waals surface area (Å²) in [5.74, 6) is 2.47. The molecule has 0 fully saturated rings. The summed E-state index contributed by atoms with van der Waals surface area (Å²) in [5, 5.41) is 0. The number of nitrogens with one attached hydrogen (secondary N) is 1. The summed E-state index contributed by atoms with van der Waals surface area (Å²) in [5.41, 5.74) is 3.35. The van der Waals surface area contributed by atoms with Crippen molar-refractivity contribution in [3.05, 3.63) is 64.2 Å². The van der Waals surface area contributed by atoms with Crippen LogP contribution in [0.1, 0.15) is 11.1 Å². The Bertz CT molecular complexity index is 1200. The minimum Gasteiger partial charge on any atom is -0.493 e. The van der Waals surface area contributed by atoms with E-state index in [9.17, 15) is 4.79 Å². The molecule has 0 spiro atoms. The highest BCUT2D eigenvalue weighted by Gasteiger charge is 2.21. The second kappa shape index (κ2) is 7.90. The van der Waals surface area contributed by atoms with Crippen molar-refractivity contribution in [2.45, 2.75) is 13.5 Å². The molecule has 2 aliphatic heterocycles. The summed E-state index contributed by atoms with van der Waals surface area (Å²) >= 11 is 0. The fourth-order valence-corrected chi connectivity index (χ4v) is 3.53. The second-order valence-corrected chi connectivity index (χ2v) is 6.85. The molecule has 2 aliphatic rings. The predicted molar refractivity (Wildman–Crippen MR) is 113 cm³/mol. The van der Waals surface area contributed by atoms with Crippen molar-refractivity contribution in [2.24, 2.45) is 0 Å². The first kappa shape index (κ1) is 19.5. The summed E-state index contributed by atoms with van der Waals surface area (Å²) in [7, 11) is 4.70. The monoisotopic (exact) mass is 406 g/mol.